The largest absolute Gasteiger partial charge is 0.384 e. The highest BCUT2D eigenvalue weighted by Gasteiger charge is 2.20. The average molecular weight is 277 g/mol. The Kier molecular flexibility index (Phi) is 5.80. The SMILES string of the molecule is CCCNc1ccc(C(=O)NCCOCC2CC2)nc1. The Morgan fingerprint density at radius 3 is 2.90 bits per heavy atom. The summed E-state index contributed by atoms with van der Waals surface area (Å²) in [6.45, 7) is 4.94. The summed E-state index contributed by atoms with van der Waals surface area (Å²) < 4.78 is 5.46. The van der Waals surface area contributed by atoms with Crippen LogP contribution in [0.25, 0.3) is 0 Å². The quantitative estimate of drug-likeness (QED) is 0.678. The molecule has 1 saturated carbocycles. The number of hydrogen-bond donors (Lipinski definition) is 2. The van der Waals surface area contributed by atoms with Crippen molar-refractivity contribution < 1.29 is 9.53 Å². The number of rotatable bonds is 9. The maximum atomic E-state index is 11.8. The molecule has 0 bridgehead atoms. The molecule has 0 saturated heterocycles. The highest BCUT2D eigenvalue weighted by molar-refractivity contribution is 5.92. The molecule has 0 unspecified atom stereocenters. The van der Waals surface area contributed by atoms with Gasteiger partial charge in [0.05, 0.1) is 18.5 Å². The summed E-state index contributed by atoms with van der Waals surface area (Å²) in [5.41, 5.74) is 1.38. The third-order valence-electron chi connectivity index (χ3n) is 3.16. The number of aromatic nitrogens is 1. The number of carbonyl (C=O) groups is 1. The van der Waals surface area contributed by atoms with Crippen molar-refractivity contribution in [3.05, 3.63) is 24.0 Å². The van der Waals surface area contributed by atoms with Gasteiger partial charge in [-0.1, -0.05) is 6.92 Å². The standard InChI is InChI=1S/C15H23N3O2/c1-2-7-16-13-5-6-14(18-10-13)15(19)17-8-9-20-11-12-3-4-12/h5-6,10,12,16H,2-4,7-9,11H2,1H3,(H,17,19). The highest BCUT2D eigenvalue weighted by Crippen LogP contribution is 2.28. The summed E-state index contributed by atoms with van der Waals surface area (Å²) in [6.07, 6.45) is 5.32. The molecule has 1 amide bonds. The van der Waals surface area contributed by atoms with Gasteiger partial charge in [0.2, 0.25) is 0 Å². The van der Waals surface area contributed by atoms with Crippen LogP contribution in [0.3, 0.4) is 0 Å². The molecule has 0 atom stereocenters. The Morgan fingerprint density at radius 1 is 1.40 bits per heavy atom. The van der Waals surface area contributed by atoms with Gasteiger partial charge in [0.1, 0.15) is 5.69 Å². The first kappa shape index (κ1) is 14.8. The lowest BCUT2D eigenvalue weighted by Crippen LogP contribution is -2.28. The molecule has 5 heteroatoms. The van der Waals surface area contributed by atoms with E-state index in [-0.39, 0.29) is 5.91 Å². The predicted molar refractivity (Wildman–Crippen MR) is 78.9 cm³/mol. The van der Waals surface area contributed by atoms with Crippen LogP contribution in [0.1, 0.15) is 36.7 Å². The van der Waals surface area contributed by atoms with Crippen LogP contribution in [0.15, 0.2) is 18.3 Å². The normalized spacial score (nSPS) is 14.1. The Hall–Kier alpha value is -1.62. The minimum Gasteiger partial charge on any atom is -0.384 e. The van der Waals surface area contributed by atoms with Crippen molar-refractivity contribution in [2.24, 2.45) is 5.92 Å². The van der Waals surface area contributed by atoms with Gasteiger partial charge in [-0.25, -0.2) is 4.98 Å². The van der Waals surface area contributed by atoms with E-state index in [4.69, 9.17) is 4.74 Å². The van der Waals surface area contributed by atoms with Crippen LogP contribution in [0.2, 0.25) is 0 Å². The first-order valence-electron chi connectivity index (χ1n) is 7.35. The molecule has 5 nitrogen and oxygen atoms in total. The number of carbonyl (C=O) groups excluding carboxylic acids is 1. The molecule has 1 aromatic heterocycles. The van der Waals surface area contributed by atoms with Gasteiger partial charge in [0.25, 0.3) is 5.91 Å². The molecule has 0 aliphatic heterocycles. The number of ether oxygens (including phenoxy) is 1. The summed E-state index contributed by atoms with van der Waals surface area (Å²) in [5, 5.41) is 6.03. The third-order valence-corrected chi connectivity index (χ3v) is 3.16. The molecule has 0 spiro atoms. The minimum atomic E-state index is -0.151. The summed E-state index contributed by atoms with van der Waals surface area (Å²) in [7, 11) is 0. The zero-order valence-electron chi connectivity index (χ0n) is 12.0. The second kappa shape index (κ2) is 7.85. The van der Waals surface area contributed by atoms with Crippen LogP contribution in [0.4, 0.5) is 5.69 Å². The van der Waals surface area contributed by atoms with Gasteiger partial charge >= 0.3 is 0 Å². The fourth-order valence-electron chi connectivity index (χ4n) is 1.76. The molecular weight excluding hydrogens is 254 g/mol. The van der Waals surface area contributed by atoms with E-state index in [0.717, 1.165) is 31.2 Å². The summed E-state index contributed by atoms with van der Waals surface area (Å²) >= 11 is 0. The van der Waals surface area contributed by atoms with Gasteiger partial charge in [0.15, 0.2) is 0 Å². The van der Waals surface area contributed by atoms with Gasteiger partial charge < -0.3 is 15.4 Å². The van der Waals surface area contributed by atoms with E-state index >= 15 is 0 Å². The Labute approximate surface area is 120 Å². The first-order chi connectivity index (χ1) is 9.79. The lowest BCUT2D eigenvalue weighted by molar-refractivity contribution is 0.0902. The molecule has 110 valence electrons. The van der Waals surface area contributed by atoms with E-state index in [0.29, 0.717) is 18.8 Å². The summed E-state index contributed by atoms with van der Waals surface area (Å²) in [6, 6.07) is 3.61. The van der Waals surface area contributed by atoms with E-state index in [1.165, 1.54) is 12.8 Å². The van der Waals surface area contributed by atoms with Crippen molar-refractivity contribution in [1.82, 2.24) is 10.3 Å². The Morgan fingerprint density at radius 2 is 2.25 bits per heavy atom. The third kappa shape index (κ3) is 5.17. The van der Waals surface area contributed by atoms with Crippen LogP contribution in [-0.4, -0.2) is 37.2 Å². The second-order valence-electron chi connectivity index (χ2n) is 5.13. The summed E-state index contributed by atoms with van der Waals surface area (Å²) in [5.74, 6) is 0.609. The molecule has 1 aliphatic rings. The molecule has 2 rings (SSSR count). The molecule has 1 fully saturated rings. The van der Waals surface area contributed by atoms with Crippen molar-refractivity contribution in [1.29, 1.82) is 0 Å². The van der Waals surface area contributed by atoms with Crippen molar-refractivity contribution in [2.75, 3.05) is 31.6 Å². The van der Waals surface area contributed by atoms with Crippen molar-refractivity contribution in [3.8, 4) is 0 Å². The minimum absolute atomic E-state index is 0.151. The van der Waals surface area contributed by atoms with Crippen molar-refractivity contribution >= 4 is 11.6 Å². The topological polar surface area (TPSA) is 63.2 Å². The number of amides is 1. The van der Waals surface area contributed by atoms with E-state index in [2.05, 4.69) is 22.5 Å². The smallest absolute Gasteiger partial charge is 0.269 e. The van der Waals surface area contributed by atoms with E-state index < -0.39 is 0 Å². The van der Waals surface area contributed by atoms with Crippen LogP contribution >= 0.6 is 0 Å². The Bertz CT molecular complexity index is 416. The number of hydrogen-bond acceptors (Lipinski definition) is 4. The van der Waals surface area contributed by atoms with Crippen LogP contribution in [-0.2, 0) is 4.74 Å². The average Bonchev–Trinajstić information content (AvgIpc) is 3.29. The van der Waals surface area contributed by atoms with Crippen LogP contribution in [0, 0.1) is 5.92 Å². The molecule has 1 aromatic rings. The van der Waals surface area contributed by atoms with Crippen LogP contribution < -0.4 is 10.6 Å². The zero-order valence-corrected chi connectivity index (χ0v) is 12.0. The lowest BCUT2D eigenvalue weighted by atomic mass is 10.3. The molecule has 0 radical (unpaired) electrons. The van der Waals surface area contributed by atoms with Gasteiger partial charge in [-0.15, -0.1) is 0 Å². The first-order valence-corrected chi connectivity index (χ1v) is 7.35. The summed E-state index contributed by atoms with van der Waals surface area (Å²) in [4.78, 5) is 16.0. The Balaban J connectivity index is 1.65. The maximum absolute atomic E-state index is 11.8. The van der Waals surface area contributed by atoms with Crippen LogP contribution in [0.5, 0.6) is 0 Å². The number of nitrogens with one attached hydrogen (secondary N) is 2. The second-order valence-corrected chi connectivity index (χ2v) is 5.13. The lowest BCUT2D eigenvalue weighted by Gasteiger charge is -2.07. The van der Waals surface area contributed by atoms with E-state index in [1.54, 1.807) is 12.3 Å². The molecule has 2 N–H and O–H groups in total. The molecule has 1 heterocycles. The fraction of sp³-hybridized carbons (Fsp3) is 0.600. The number of nitrogens with zero attached hydrogens (tertiary/aromatic N) is 1. The number of anilines is 1. The van der Waals surface area contributed by atoms with E-state index in [9.17, 15) is 4.79 Å². The molecular formula is C15H23N3O2. The monoisotopic (exact) mass is 277 g/mol. The van der Waals surface area contributed by atoms with Gasteiger partial charge in [-0.2, -0.15) is 0 Å². The van der Waals surface area contributed by atoms with Crippen molar-refractivity contribution in [2.45, 2.75) is 26.2 Å². The number of pyridine rings is 1. The van der Waals surface area contributed by atoms with Crippen molar-refractivity contribution in [3.63, 3.8) is 0 Å². The van der Waals surface area contributed by atoms with E-state index in [1.807, 2.05) is 6.07 Å². The predicted octanol–water partition coefficient (Wildman–Crippen LogP) is 2.06. The fourth-order valence-corrected chi connectivity index (χ4v) is 1.76. The molecule has 20 heavy (non-hydrogen) atoms. The zero-order chi connectivity index (χ0) is 14.2. The maximum Gasteiger partial charge on any atom is 0.269 e. The van der Waals surface area contributed by atoms with Gasteiger partial charge in [0, 0.05) is 19.7 Å². The highest BCUT2D eigenvalue weighted by atomic mass is 16.5. The van der Waals surface area contributed by atoms with Gasteiger partial charge in [-0.3, -0.25) is 4.79 Å². The molecule has 0 aromatic carbocycles. The molecule has 1 aliphatic carbocycles. The van der Waals surface area contributed by atoms with Gasteiger partial charge in [-0.05, 0) is 37.3 Å².